The van der Waals surface area contributed by atoms with Crippen LogP contribution in [0.2, 0.25) is 0 Å². The van der Waals surface area contributed by atoms with Crippen molar-refractivity contribution >= 4 is 27.7 Å². The molecule has 1 unspecified atom stereocenters. The summed E-state index contributed by atoms with van der Waals surface area (Å²) < 4.78 is 2.99. The molecule has 1 N–H and O–H groups in total. The average molecular weight is 292 g/mol. The van der Waals surface area contributed by atoms with Crippen LogP contribution in [0.3, 0.4) is 0 Å². The molecule has 0 aliphatic heterocycles. The summed E-state index contributed by atoms with van der Waals surface area (Å²) in [7, 11) is 0. The molecule has 1 aromatic rings. The molecule has 1 aromatic heterocycles. The second-order valence-electron chi connectivity index (χ2n) is 3.58. The van der Waals surface area contributed by atoms with Gasteiger partial charge in [-0.1, -0.05) is 0 Å². The van der Waals surface area contributed by atoms with Crippen molar-refractivity contribution in [1.29, 1.82) is 0 Å². The first-order valence-corrected chi connectivity index (χ1v) is 7.31. The maximum Gasteiger partial charge on any atom is 0.0632 e. The number of rotatable bonds is 7. The highest BCUT2D eigenvalue weighted by Crippen LogP contribution is 2.06. The number of nitrogens with one attached hydrogen (secondary N) is 1. The van der Waals surface area contributed by atoms with Crippen LogP contribution in [0.4, 0.5) is 0 Å². The van der Waals surface area contributed by atoms with Crippen molar-refractivity contribution in [3.63, 3.8) is 0 Å². The van der Waals surface area contributed by atoms with Gasteiger partial charge in [-0.2, -0.15) is 16.9 Å². The van der Waals surface area contributed by atoms with E-state index in [9.17, 15) is 0 Å². The van der Waals surface area contributed by atoms with Gasteiger partial charge in [-0.15, -0.1) is 0 Å². The highest BCUT2D eigenvalue weighted by atomic mass is 79.9. The molecule has 0 fully saturated rings. The minimum Gasteiger partial charge on any atom is -0.312 e. The Kier molecular flexibility index (Phi) is 6.36. The number of nitrogens with zero attached hydrogens (tertiary/aromatic N) is 2. The van der Waals surface area contributed by atoms with Crippen LogP contribution in [0.1, 0.15) is 13.3 Å². The van der Waals surface area contributed by atoms with E-state index in [2.05, 4.69) is 39.5 Å². The molecule has 86 valence electrons. The fraction of sp³-hybridized carbons (Fsp3) is 0.700. The van der Waals surface area contributed by atoms with Crippen molar-refractivity contribution in [3.05, 3.63) is 16.9 Å². The largest absolute Gasteiger partial charge is 0.312 e. The van der Waals surface area contributed by atoms with Crippen LogP contribution >= 0.6 is 27.7 Å². The molecule has 0 aromatic carbocycles. The minimum absolute atomic E-state index is 0.471. The van der Waals surface area contributed by atoms with Gasteiger partial charge in [-0.25, -0.2) is 0 Å². The lowest BCUT2D eigenvalue weighted by Crippen LogP contribution is -2.31. The van der Waals surface area contributed by atoms with Crippen LogP contribution in [-0.4, -0.2) is 34.4 Å². The summed E-state index contributed by atoms with van der Waals surface area (Å²) in [6.45, 7) is 4.20. The van der Waals surface area contributed by atoms with Gasteiger partial charge >= 0.3 is 0 Å². The molecule has 1 atom stereocenters. The van der Waals surface area contributed by atoms with Crippen LogP contribution in [-0.2, 0) is 6.54 Å². The normalized spacial score (nSPS) is 13.0. The van der Waals surface area contributed by atoms with Crippen LogP contribution < -0.4 is 5.32 Å². The van der Waals surface area contributed by atoms with E-state index in [0.717, 1.165) is 17.6 Å². The number of thioether (sulfide) groups is 1. The number of hydrogen-bond donors (Lipinski definition) is 1. The van der Waals surface area contributed by atoms with Gasteiger partial charge in [0.05, 0.1) is 17.2 Å². The maximum absolute atomic E-state index is 4.23. The smallest absolute Gasteiger partial charge is 0.0632 e. The zero-order valence-electron chi connectivity index (χ0n) is 9.24. The van der Waals surface area contributed by atoms with E-state index in [-0.39, 0.29) is 0 Å². The van der Waals surface area contributed by atoms with E-state index in [1.165, 1.54) is 12.2 Å². The molecule has 0 saturated heterocycles. The predicted molar refractivity (Wildman–Crippen MR) is 70.4 cm³/mol. The third-order valence-electron chi connectivity index (χ3n) is 2.08. The van der Waals surface area contributed by atoms with Crippen molar-refractivity contribution < 1.29 is 0 Å². The summed E-state index contributed by atoms with van der Waals surface area (Å²) >= 11 is 5.29. The minimum atomic E-state index is 0.471. The Hall–Kier alpha value is -0.0000000000000000555. The van der Waals surface area contributed by atoms with E-state index in [0.29, 0.717) is 6.04 Å². The fourth-order valence-electron chi connectivity index (χ4n) is 1.35. The first-order chi connectivity index (χ1) is 7.22. The lowest BCUT2D eigenvalue weighted by Gasteiger charge is -2.13. The summed E-state index contributed by atoms with van der Waals surface area (Å²) in [5.74, 6) is 1.23. The van der Waals surface area contributed by atoms with Gasteiger partial charge in [-0.05, 0) is 47.8 Å². The van der Waals surface area contributed by atoms with Crippen LogP contribution in [0.25, 0.3) is 0 Å². The van der Waals surface area contributed by atoms with Gasteiger partial charge in [0, 0.05) is 12.2 Å². The molecule has 15 heavy (non-hydrogen) atoms. The van der Waals surface area contributed by atoms with Gasteiger partial charge in [-0.3, -0.25) is 4.68 Å². The first kappa shape index (κ1) is 13.1. The first-order valence-electron chi connectivity index (χ1n) is 5.12. The lowest BCUT2D eigenvalue weighted by molar-refractivity contribution is 0.452. The Morgan fingerprint density at radius 1 is 1.67 bits per heavy atom. The molecule has 1 heterocycles. The van der Waals surface area contributed by atoms with Crippen molar-refractivity contribution in [1.82, 2.24) is 15.1 Å². The topological polar surface area (TPSA) is 29.9 Å². The fourth-order valence-corrected chi connectivity index (χ4v) is 2.11. The molecule has 3 nitrogen and oxygen atoms in total. The molecular formula is C10H18BrN3S. The van der Waals surface area contributed by atoms with Gasteiger partial charge < -0.3 is 5.32 Å². The summed E-state index contributed by atoms with van der Waals surface area (Å²) in [4.78, 5) is 0. The Labute approximate surface area is 104 Å². The highest BCUT2D eigenvalue weighted by Gasteiger charge is 2.02. The van der Waals surface area contributed by atoms with E-state index in [1.54, 1.807) is 0 Å². The predicted octanol–water partition coefficient (Wildman–Crippen LogP) is 2.38. The lowest BCUT2D eigenvalue weighted by atomic mass is 10.3. The quantitative estimate of drug-likeness (QED) is 0.783. The van der Waals surface area contributed by atoms with Crippen molar-refractivity contribution in [2.24, 2.45) is 0 Å². The molecule has 5 heteroatoms. The van der Waals surface area contributed by atoms with E-state index in [1.807, 2.05) is 28.8 Å². The van der Waals surface area contributed by atoms with Crippen LogP contribution in [0.5, 0.6) is 0 Å². The van der Waals surface area contributed by atoms with Gasteiger partial charge in [0.1, 0.15) is 0 Å². The molecule has 0 bridgehead atoms. The zero-order valence-corrected chi connectivity index (χ0v) is 11.6. The summed E-state index contributed by atoms with van der Waals surface area (Å²) in [5.41, 5.74) is 0. The zero-order chi connectivity index (χ0) is 11.1. The Balaban J connectivity index is 2.15. The van der Waals surface area contributed by atoms with E-state index in [4.69, 9.17) is 0 Å². The molecule has 1 rings (SSSR count). The van der Waals surface area contributed by atoms with Gasteiger partial charge in [0.25, 0.3) is 0 Å². The third kappa shape index (κ3) is 5.58. The van der Waals surface area contributed by atoms with Gasteiger partial charge in [0.15, 0.2) is 0 Å². The SMILES string of the molecule is CSCCCNC(C)Cn1cc(Br)cn1. The van der Waals surface area contributed by atoms with E-state index >= 15 is 0 Å². The monoisotopic (exact) mass is 291 g/mol. The molecule has 0 radical (unpaired) electrons. The van der Waals surface area contributed by atoms with E-state index < -0.39 is 0 Å². The Morgan fingerprint density at radius 3 is 3.07 bits per heavy atom. The Morgan fingerprint density at radius 2 is 2.47 bits per heavy atom. The summed E-state index contributed by atoms with van der Waals surface area (Å²) in [6, 6.07) is 0.471. The number of hydrogen-bond acceptors (Lipinski definition) is 3. The molecule has 0 saturated carbocycles. The maximum atomic E-state index is 4.23. The standard InChI is InChI=1S/C10H18BrN3S/c1-9(12-4-3-5-15-2)7-14-8-10(11)6-13-14/h6,8-9,12H,3-5,7H2,1-2H3. The highest BCUT2D eigenvalue weighted by molar-refractivity contribution is 9.10. The molecule has 0 amide bonds. The van der Waals surface area contributed by atoms with Crippen LogP contribution in [0, 0.1) is 0 Å². The second kappa shape index (κ2) is 7.30. The summed E-state index contributed by atoms with van der Waals surface area (Å²) in [6.07, 6.45) is 7.19. The van der Waals surface area contributed by atoms with Gasteiger partial charge in [0.2, 0.25) is 0 Å². The van der Waals surface area contributed by atoms with Crippen molar-refractivity contribution in [2.45, 2.75) is 25.9 Å². The number of halogens is 1. The average Bonchev–Trinajstić information content (AvgIpc) is 2.59. The van der Waals surface area contributed by atoms with Crippen LogP contribution in [0.15, 0.2) is 16.9 Å². The molecule has 0 aliphatic carbocycles. The molecular weight excluding hydrogens is 274 g/mol. The van der Waals surface area contributed by atoms with Crippen molar-refractivity contribution in [2.75, 3.05) is 18.6 Å². The third-order valence-corrected chi connectivity index (χ3v) is 3.19. The molecule has 0 aliphatic rings. The second-order valence-corrected chi connectivity index (χ2v) is 5.48. The molecule has 0 spiro atoms. The van der Waals surface area contributed by atoms with Crippen molar-refractivity contribution in [3.8, 4) is 0 Å². The number of aromatic nitrogens is 2. The Bertz CT molecular complexity index is 277. The summed E-state index contributed by atoms with van der Waals surface area (Å²) in [5, 5.41) is 7.71.